The molecule has 1 aliphatic rings. The molecular weight excluding hydrogens is 232 g/mol. The van der Waals surface area contributed by atoms with Gasteiger partial charge in [0.15, 0.2) is 0 Å². The molecular formula is C15H25F2N. The SMILES string of the molecule is CC.CC1(C)CNc2cc(F)cc(F)c21.CCC. The standard InChI is InChI=1S/C10H11F2N.C3H8.C2H6/c1-10(2)5-13-8-4-6(11)3-7(12)9(8)10;1-3-2;1-2/h3-4,13H,5H2,1-2H3;3H2,1-2H3;1-2H3. The average molecular weight is 257 g/mol. The van der Waals surface area contributed by atoms with Crippen LogP contribution >= 0.6 is 0 Å². The monoisotopic (exact) mass is 257 g/mol. The topological polar surface area (TPSA) is 12.0 Å². The van der Waals surface area contributed by atoms with E-state index in [1.165, 1.54) is 12.5 Å². The molecule has 1 aliphatic heterocycles. The Balaban J connectivity index is 0.000000509. The number of fused-ring (bicyclic) bond motifs is 1. The summed E-state index contributed by atoms with van der Waals surface area (Å²) in [6.45, 7) is 12.8. The molecule has 0 aliphatic carbocycles. The van der Waals surface area contributed by atoms with E-state index in [-0.39, 0.29) is 5.41 Å². The third-order valence-electron chi connectivity index (χ3n) is 2.45. The van der Waals surface area contributed by atoms with Gasteiger partial charge in [0.25, 0.3) is 0 Å². The van der Waals surface area contributed by atoms with Crippen molar-refractivity contribution in [2.75, 3.05) is 11.9 Å². The van der Waals surface area contributed by atoms with E-state index in [0.29, 0.717) is 17.8 Å². The minimum absolute atomic E-state index is 0.243. The maximum Gasteiger partial charge on any atom is 0.131 e. The van der Waals surface area contributed by atoms with Crippen molar-refractivity contribution in [2.45, 2.75) is 53.4 Å². The van der Waals surface area contributed by atoms with E-state index in [9.17, 15) is 8.78 Å². The highest BCUT2D eigenvalue weighted by atomic mass is 19.1. The van der Waals surface area contributed by atoms with Crippen LogP contribution in [0, 0.1) is 11.6 Å². The number of rotatable bonds is 0. The summed E-state index contributed by atoms with van der Waals surface area (Å²) in [5, 5.41) is 2.99. The summed E-state index contributed by atoms with van der Waals surface area (Å²) in [4.78, 5) is 0. The van der Waals surface area contributed by atoms with Gasteiger partial charge in [0.2, 0.25) is 0 Å². The van der Waals surface area contributed by atoms with Crippen molar-refractivity contribution < 1.29 is 8.78 Å². The van der Waals surface area contributed by atoms with E-state index in [4.69, 9.17) is 0 Å². The van der Waals surface area contributed by atoms with Crippen LogP contribution in [-0.4, -0.2) is 6.54 Å². The van der Waals surface area contributed by atoms with Crippen LogP contribution in [0.15, 0.2) is 12.1 Å². The zero-order chi connectivity index (χ0) is 14.3. The number of nitrogens with one attached hydrogen (secondary N) is 1. The lowest BCUT2D eigenvalue weighted by Gasteiger charge is -2.17. The van der Waals surface area contributed by atoms with Gasteiger partial charge in [-0.3, -0.25) is 0 Å². The summed E-state index contributed by atoms with van der Waals surface area (Å²) in [7, 11) is 0. The van der Waals surface area contributed by atoms with Gasteiger partial charge in [0.1, 0.15) is 11.6 Å². The van der Waals surface area contributed by atoms with Crippen molar-refractivity contribution in [3.05, 3.63) is 29.3 Å². The molecule has 0 amide bonds. The number of hydrogen-bond donors (Lipinski definition) is 1. The molecule has 0 radical (unpaired) electrons. The van der Waals surface area contributed by atoms with Gasteiger partial charge in [-0.1, -0.05) is 48.0 Å². The van der Waals surface area contributed by atoms with Crippen molar-refractivity contribution in [3.8, 4) is 0 Å². The summed E-state index contributed by atoms with van der Waals surface area (Å²) in [6.07, 6.45) is 1.25. The predicted molar refractivity (Wildman–Crippen MR) is 75.2 cm³/mol. The first-order chi connectivity index (χ1) is 8.42. The first-order valence-electron chi connectivity index (χ1n) is 6.65. The number of hydrogen-bond acceptors (Lipinski definition) is 1. The van der Waals surface area contributed by atoms with Gasteiger partial charge in [-0.05, 0) is 6.07 Å². The number of benzene rings is 1. The second kappa shape index (κ2) is 7.34. The average Bonchev–Trinajstić information content (AvgIpc) is 2.58. The van der Waals surface area contributed by atoms with E-state index in [0.717, 1.165) is 6.07 Å². The summed E-state index contributed by atoms with van der Waals surface area (Å²) >= 11 is 0. The summed E-state index contributed by atoms with van der Waals surface area (Å²) in [5.74, 6) is -0.980. The predicted octanol–water partition coefficient (Wildman–Crippen LogP) is 5.11. The molecule has 3 heteroatoms. The second-order valence-electron chi connectivity index (χ2n) is 4.75. The molecule has 2 rings (SSSR count). The van der Waals surface area contributed by atoms with Gasteiger partial charge in [-0.2, -0.15) is 0 Å². The molecule has 1 N–H and O–H groups in total. The maximum atomic E-state index is 13.4. The fourth-order valence-corrected chi connectivity index (χ4v) is 1.81. The lowest BCUT2D eigenvalue weighted by molar-refractivity contribution is 0.518. The van der Waals surface area contributed by atoms with Crippen molar-refractivity contribution in [1.29, 1.82) is 0 Å². The van der Waals surface area contributed by atoms with E-state index in [2.05, 4.69) is 19.2 Å². The molecule has 0 atom stereocenters. The Morgan fingerprint density at radius 3 is 2.17 bits per heavy atom. The highest BCUT2D eigenvalue weighted by Gasteiger charge is 2.33. The third kappa shape index (κ3) is 3.97. The highest BCUT2D eigenvalue weighted by Crippen LogP contribution is 2.38. The Labute approximate surface area is 110 Å². The van der Waals surface area contributed by atoms with Crippen LogP contribution in [0.4, 0.5) is 14.5 Å². The van der Waals surface area contributed by atoms with Gasteiger partial charge < -0.3 is 5.32 Å². The Hall–Kier alpha value is -1.12. The van der Waals surface area contributed by atoms with Crippen LogP contribution in [0.5, 0.6) is 0 Å². The smallest absolute Gasteiger partial charge is 0.131 e. The Bertz CT molecular complexity index is 373. The van der Waals surface area contributed by atoms with Gasteiger partial charge in [0, 0.05) is 29.3 Å². The van der Waals surface area contributed by atoms with E-state index in [1.807, 2.05) is 27.7 Å². The fraction of sp³-hybridized carbons (Fsp3) is 0.600. The van der Waals surface area contributed by atoms with Gasteiger partial charge in [-0.15, -0.1) is 0 Å². The summed E-state index contributed by atoms with van der Waals surface area (Å²) in [5.41, 5.74) is 0.934. The normalized spacial score (nSPS) is 14.4. The van der Waals surface area contributed by atoms with Crippen LogP contribution in [0.3, 0.4) is 0 Å². The summed E-state index contributed by atoms with van der Waals surface area (Å²) < 4.78 is 26.2. The molecule has 1 aromatic rings. The molecule has 0 aromatic heterocycles. The van der Waals surface area contributed by atoms with Crippen molar-refractivity contribution >= 4 is 5.69 Å². The van der Waals surface area contributed by atoms with Crippen LogP contribution in [0.2, 0.25) is 0 Å². The Morgan fingerprint density at radius 1 is 1.17 bits per heavy atom. The minimum Gasteiger partial charge on any atom is -0.384 e. The van der Waals surface area contributed by atoms with Crippen LogP contribution in [0.1, 0.15) is 53.5 Å². The van der Waals surface area contributed by atoms with Gasteiger partial charge in [-0.25, -0.2) is 8.78 Å². The molecule has 1 nitrogen and oxygen atoms in total. The van der Waals surface area contributed by atoms with Crippen LogP contribution < -0.4 is 5.32 Å². The molecule has 0 saturated heterocycles. The quantitative estimate of drug-likeness (QED) is 0.681. The first-order valence-corrected chi connectivity index (χ1v) is 6.65. The zero-order valence-corrected chi connectivity index (χ0v) is 12.3. The van der Waals surface area contributed by atoms with Crippen molar-refractivity contribution in [2.24, 2.45) is 0 Å². The lowest BCUT2D eigenvalue weighted by Crippen LogP contribution is -2.20. The molecule has 0 fully saturated rings. The zero-order valence-electron chi connectivity index (χ0n) is 12.3. The van der Waals surface area contributed by atoms with Gasteiger partial charge >= 0.3 is 0 Å². The Morgan fingerprint density at radius 2 is 1.67 bits per heavy atom. The molecule has 1 aromatic carbocycles. The fourth-order valence-electron chi connectivity index (χ4n) is 1.81. The molecule has 0 saturated carbocycles. The van der Waals surface area contributed by atoms with Crippen molar-refractivity contribution in [1.82, 2.24) is 0 Å². The highest BCUT2D eigenvalue weighted by molar-refractivity contribution is 5.60. The first kappa shape index (κ1) is 16.9. The van der Waals surface area contributed by atoms with E-state index in [1.54, 1.807) is 0 Å². The molecule has 0 spiro atoms. The van der Waals surface area contributed by atoms with E-state index >= 15 is 0 Å². The van der Waals surface area contributed by atoms with Crippen LogP contribution in [0.25, 0.3) is 0 Å². The van der Waals surface area contributed by atoms with Gasteiger partial charge in [0.05, 0.1) is 0 Å². The maximum absolute atomic E-state index is 13.4. The number of anilines is 1. The number of halogens is 2. The molecule has 0 bridgehead atoms. The molecule has 104 valence electrons. The lowest BCUT2D eigenvalue weighted by atomic mass is 9.86. The minimum atomic E-state index is -0.526. The molecule has 1 heterocycles. The Kier molecular flexibility index (Phi) is 6.89. The third-order valence-corrected chi connectivity index (χ3v) is 2.45. The second-order valence-corrected chi connectivity index (χ2v) is 4.75. The van der Waals surface area contributed by atoms with E-state index < -0.39 is 11.6 Å². The summed E-state index contributed by atoms with van der Waals surface area (Å²) in [6, 6.07) is 2.28. The van der Waals surface area contributed by atoms with Crippen LogP contribution in [-0.2, 0) is 5.41 Å². The molecule has 0 unspecified atom stereocenters. The largest absolute Gasteiger partial charge is 0.384 e. The van der Waals surface area contributed by atoms with Crippen molar-refractivity contribution in [3.63, 3.8) is 0 Å². The molecule has 18 heavy (non-hydrogen) atoms.